The fourth-order valence-electron chi connectivity index (χ4n) is 1.84. The first kappa shape index (κ1) is 13.8. The number of nitrogens with one attached hydrogen (secondary N) is 1. The minimum Gasteiger partial charge on any atom is -0.382 e. The van der Waals surface area contributed by atoms with Crippen LogP contribution in [0.1, 0.15) is 45.1 Å². The maximum Gasteiger partial charge on any atom is 0.0372 e. The molecule has 1 aromatic rings. The minimum atomic E-state index is 0.624. The molecule has 0 amide bonds. The maximum absolute atomic E-state index is 3.66. The Hall–Kier alpha value is -0.250. The quantitative estimate of drug-likeness (QED) is 0.725. The Labute approximate surface area is 113 Å². The Morgan fingerprint density at radius 3 is 2.62 bits per heavy atom. The maximum atomic E-state index is 3.66. The zero-order valence-electron chi connectivity index (χ0n) is 10.5. The SMILES string of the molecule is CCCCC(CC)Nc1ccc(I)cc1C. The lowest BCUT2D eigenvalue weighted by molar-refractivity contribution is 0.593. The Morgan fingerprint density at radius 2 is 2.06 bits per heavy atom. The van der Waals surface area contributed by atoms with Crippen LogP contribution in [-0.2, 0) is 0 Å². The summed E-state index contributed by atoms with van der Waals surface area (Å²) in [4.78, 5) is 0. The zero-order valence-corrected chi connectivity index (χ0v) is 12.7. The van der Waals surface area contributed by atoms with Crippen LogP contribution in [0.4, 0.5) is 5.69 Å². The van der Waals surface area contributed by atoms with Crippen LogP contribution < -0.4 is 5.32 Å². The molecule has 0 aliphatic heterocycles. The number of anilines is 1. The monoisotopic (exact) mass is 331 g/mol. The molecule has 0 fully saturated rings. The van der Waals surface area contributed by atoms with Crippen molar-refractivity contribution in [2.45, 2.75) is 52.5 Å². The molecule has 1 nitrogen and oxygen atoms in total. The average Bonchev–Trinajstić information content (AvgIpc) is 2.27. The lowest BCUT2D eigenvalue weighted by Gasteiger charge is -2.19. The van der Waals surface area contributed by atoms with E-state index in [0.29, 0.717) is 6.04 Å². The number of benzene rings is 1. The van der Waals surface area contributed by atoms with Gasteiger partial charge in [-0.15, -0.1) is 0 Å². The molecular weight excluding hydrogens is 309 g/mol. The highest BCUT2D eigenvalue weighted by Crippen LogP contribution is 2.20. The van der Waals surface area contributed by atoms with Crippen LogP contribution in [0.15, 0.2) is 18.2 Å². The van der Waals surface area contributed by atoms with Gasteiger partial charge in [-0.05, 0) is 66.1 Å². The molecule has 1 atom stereocenters. The lowest BCUT2D eigenvalue weighted by Crippen LogP contribution is -2.18. The number of rotatable bonds is 6. The van der Waals surface area contributed by atoms with E-state index in [-0.39, 0.29) is 0 Å². The fraction of sp³-hybridized carbons (Fsp3) is 0.571. The van der Waals surface area contributed by atoms with E-state index < -0.39 is 0 Å². The molecule has 0 radical (unpaired) electrons. The molecule has 0 spiro atoms. The highest BCUT2D eigenvalue weighted by atomic mass is 127. The summed E-state index contributed by atoms with van der Waals surface area (Å²) >= 11 is 2.36. The van der Waals surface area contributed by atoms with Crippen molar-refractivity contribution in [2.75, 3.05) is 5.32 Å². The van der Waals surface area contributed by atoms with Gasteiger partial charge in [0.1, 0.15) is 0 Å². The third-order valence-electron chi connectivity index (χ3n) is 2.95. The Bertz CT molecular complexity index is 323. The van der Waals surface area contributed by atoms with Crippen molar-refractivity contribution in [2.24, 2.45) is 0 Å². The second kappa shape index (κ2) is 7.15. The smallest absolute Gasteiger partial charge is 0.0372 e. The molecule has 1 rings (SSSR count). The van der Waals surface area contributed by atoms with E-state index in [1.54, 1.807) is 0 Å². The normalized spacial score (nSPS) is 12.5. The van der Waals surface area contributed by atoms with Crippen LogP contribution in [0.3, 0.4) is 0 Å². The zero-order chi connectivity index (χ0) is 12.0. The number of hydrogen-bond acceptors (Lipinski definition) is 1. The van der Waals surface area contributed by atoms with Crippen LogP contribution in [0.25, 0.3) is 0 Å². The predicted octanol–water partition coefficient (Wildman–Crippen LogP) is 4.98. The van der Waals surface area contributed by atoms with Crippen molar-refractivity contribution in [1.82, 2.24) is 0 Å². The standard InChI is InChI=1S/C14H22IN/c1-4-6-7-13(5-2)16-14-9-8-12(15)10-11(14)3/h8-10,13,16H,4-7H2,1-3H3. The summed E-state index contributed by atoms with van der Waals surface area (Å²) in [5.41, 5.74) is 2.64. The fourth-order valence-corrected chi connectivity index (χ4v) is 2.48. The summed E-state index contributed by atoms with van der Waals surface area (Å²) < 4.78 is 1.31. The van der Waals surface area contributed by atoms with Gasteiger partial charge in [0.05, 0.1) is 0 Å². The van der Waals surface area contributed by atoms with E-state index in [9.17, 15) is 0 Å². The van der Waals surface area contributed by atoms with Crippen molar-refractivity contribution >= 4 is 28.3 Å². The number of aryl methyl sites for hydroxylation is 1. The Kier molecular flexibility index (Phi) is 6.17. The van der Waals surface area contributed by atoms with Gasteiger partial charge in [-0.3, -0.25) is 0 Å². The Morgan fingerprint density at radius 1 is 1.31 bits per heavy atom. The molecule has 0 aliphatic carbocycles. The van der Waals surface area contributed by atoms with Crippen molar-refractivity contribution in [3.05, 3.63) is 27.3 Å². The van der Waals surface area contributed by atoms with Gasteiger partial charge in [-0.1, -0.05) is 26.7 Å². The van der Waals surface area contributed by atoms with E-state index in [4.69, 9.17) is 0 Å². The van der Waals surface area contributed by atoms with Crippen LogP contribution >= 0.6 is 22.6 Å². The average molecular weight is 331 g/mol. The highest BCUT2D eigenvalue weighted by molar-refractivity contribution is 14.1. The molecule has 90 valence electrons. The van der Waals surface area contributed by atoms with Crippen LogP contribution in [-0.4, -0.2) is 6.04 Å². The van der Waals surface area contributed by atoms with E-state index in [0.717, 1.165) is 0 Å². The van der Waals surface area contributed by atoms with E-state index in [2.05, 4.69) is 66.9 Å². The second-order valence-electron chi connectivity index (χ2n) is 4.35. The number of hydrogen-bond donors (Lipinski definition) is 1. The van der Waals surface area contributed by atoms with Gasteiger partial charge in [0.25, 0.3) is 0 Å². The third kappa shape index (κ3) is 4.32. The summed E-state index contributed by atoms with van der Waals surface area (Å²) in [6.45, 7) is 6.69. The molecule has 2 heteroatoms. The molecule has 1 aromatic carbocycles. The van der Waals surface area contributed by atoms with Gasteiger partial charge in [0.2, 0.25) is 0 Å². The van der Waals surface area contributed by atoms with Crippen LogP contribution in [0, 0.1) is 10.5 Å². The molecule has 0 aromatic heterocycles. The summed E-state index contributed by atoms with van der Waals surface area (Å²) in [5, 5.41) is 3.66. The molecule has 0 heterocycles. The van der Waals surface area contributed by atoms with Crippen molar-refractivity contribution < 1.29 is 0 Å². The molecule has 0 saturated carbocycles. The Balaban J connectivity index is 2.62. The summed E-state index contributed by atoms with van der Waals surface area (Å²) in [6, 6.07) is 7.22. The first-order valence-corrected chi connectivity index (χ1v) is 7.28. The number of unbranched alkanes of at least 4 members (excludes halogenated alkanes) is 1. The summed E-state index contributed by atoms with van der Waals surface area (Å²) in [7, 11) is 0. The van der Waals surface area contributed by atoms with E-state index in [1.165, 1.54) is 40.5 Å². The highest BCUT2D eigenvalue weighted by Gasteiger charge is 2.07. The van der Waals surface area contributed by atoms with Gasteiger partial charge in [-0.2, -0.15) is 0 Å². The van der Waals surface area contributed by atoms with Gasteiger partial charge < -0.3 is 5.32 Å². The molecule has 1 unspecified atom stereocenters. The van der Waals surface area contributed by atoms with Gasteiger partial charge in [-0.25, -0.2) is 0 Å². The van der Waals surface area contributed by atoms with E-state index >= 15 is 0 Å². The van der Waals surface area contributed by atoms with Gasteiger partial charge in [0, 0.05) is 15.3 Å². The van der Waals surface area contributed by atoms with Crippen LogP contribution in [0.5, 0.6) is 0 Å². The molecular formula is C14H22IN. The topological polar surface area (TPSA) is 12.0 Å². The molecule has 0 saturated heterocycles. The first-order valence-electron chi connectivity index (χ1n) is 6.20. The largest absolute Gasteiger partial charge is 0.382 e. The van der Waals surface area contributed by atoms with Crippen molar-refractivity contribution in [1.29, 1.82) is 0 Å². The second-order valence-corrected chi connectivity index (χ2v) is 5.60. The van der Waals surface area contributed by atoms with Gasteiger partial charge in [0.15, 0.2) is 0 Å². The predicted molar refractivity (Wildman–Crippen MR) is 81.1 cm³/mol. The molecule has 0 aliphatic rings. The summed E-state index contributed by atoms with van der Waals surface area (Å²) in [6.07, 6.45) is 5.07. The third-order valence-corrected chi connectivity index (χ3v) is 3.62. The lowest BCUT2D eigenvalue weighted by atomic mass is 10.1. The van der Waals surface area contributed by atoms with Crippen molar-refractivity contribution in [3.8, 4) is 0 Å². The number of halogens is 1. The first-order chi connectivity index (χ1) is 7.67. The van der Waals surface area contributed by atoms with Crippen LogP contribution in [0.2, 0.25) is 0 Å². The van der Waals surface area contributed by atoms with E-state index in [1.807, 2.05) is 0 Å². The molecule has 1 N–H and O–H groups in total. The molecule has 0 bridgehead atoms. The van der Waals surface area contributed by atoms with Crippen molar-refractivity contribution in [3.63, 3.8) is 0 Å². The summed E-state index contributed by atoms with van der Waals surface area (Å²) in [5.74, 6) is 0. The molecule has 16 heavy (non-hydrogen) atoms. The van der Waals surface area contributed by atoms with Gasteiger partial charge >= 0.3 is 0 Å². The minimum absolute atomic E-state index is 0.624.